The number of hydrogen-bond donors (Lipinski definition) is 1. The largest absolute Gasteiger partial charge is 0.488 e. The molecule has 0 aromatic heterocycles. The number of nitrogens with one attached hydrogen (secondary N) is 1. The Hall–Kier alpha value is -1.53. The average molecular weight is 231 g/mol. The highest BCUT2D eigenvalue weighted by atomic mass is 16.5. The van der Waals surface area contributed by atoms with E-state index >= 15 is 0 Å². The van der Waals surface area contributed by atoms with E-state index in [1.807, 2.05) is 12.1 Å². The second-order valence-corrected chi connectivity index (χ2v) is 4.55. The number of quaternary nitrogens is 1. The smallest absolute Gasteiger partial charge is 0.137 e. The molecule has 1 aliphatic rings. The quantitative estimate of drug-likeness (QED) is 0.839. The van der Waals surface area contributed by atoms with Gasteiger partial charge < -0.3 is 9.64 Å². The van der Waals surface area contributed by atoms with Gasteiger partial charge in [0.15, 0.2) is 0 Å². The Bertz CT molecular complexity index is 374. The summed E-state index contributed by atoms with van der Waals surface area (Å²) in [4.78, 5) is 1.66. The predicted molar refractivity (Wildman–Crippen MR) is 66.1 cm³/mol. The Kier molecular flexibility index (Phi) is 4.40. The molecule has 3 heteroatoms. The summed E-state index contributed by atoms with van der Waals surface area (Å²) in [5.74, 6) is 0.861. The van der Waals surface area contributed by atoms with E-state index in [9.17, 15) is 0 Å². The number of nitriles is 1. The molecule has 1 saturated heterocycles. The molecule has 1 aliphatic heterocycles. The number of piperidine rings is 1. The SMILES string of the molecule is N#Cc1ccc(OCC[NH+]2CCCCC2)cc1. The van der Waals surface area contributed by atoms with Gasteiger partial charge in [0.1, 0.15) is 18.9 Å². The van der Waals surface area contributed by atoms with Crippen molar-refractivity contribution in [3.63, 3.8) is 0 Å². The number of benzene rings is 1. The molecule has 0 aliphatic carbocycles. The summed E-state index contributed by atoms with van der Waals surface area (Å²) in [5, 5.41) is 8.68. The van der Waals surface area contributed by atoms with E-state index in [2.05, 4.69) is 6.07 Å². The minimum atomic E-state index is 0.680. The summed E-state index contributed by atoms with van der Waals surface area (Å²) in [7, 11) is 0. The van der Waals surface area contributed by atoms with Crippen LogP contribution < -0.4 is 9.64 Å². The molecular weight excluding hydrogens is 212 g/mol. The monoisotopic (exact) mass is 231 g/mol. The summed E-state index contributed by atoms with van der Waals surface area (Å²) < 4.78 is 5.68. The summed E-state index contributed by atoms with van der Waals surface area (Å²) >= 11 is 0. The predicted octanol–water partition coefficient (Wildman–Crippen LogP) is 1.01. The molecule has 0 radical (unpaired) electrons. The van der Waals surface area contributed by atoms with Crippen molar-refractivity contribution in [2.75, 3.05) is 26.2 Å². The fourth-order valence-corrected chi connectivity index (χ4v) is 2.24. The zero-order valence-corrected chi connectivity index (χ0v) is 10.1. The standard InChI is InChI=1S/C14H18N2O/c15-12-13-4-6-14(7-5-13)17-11-10-16-8-2-1-3-9-16/h4-7H,1-3,8-11H2/p+1. The van der Waals surface area contributed by atoms with Crippen molar-refractivity contribution >= 4 is 0 Å². The van der Waals surface area contributed by atoms with Gasteiger partial charge in [-0.15, -0.1) is 0 Å². The van der Waals surface area contributed by atoms with Gasteiger partial charge in [0, 0.05) is 0 Å². The van der Waals surface area contributed by atoms with Gasteiger partial charge in [0.25, 0.3) is 0 Å². The van der Waals surface area contributed by atoms with Crippen molar-refractivity contribution < 1.29 is 9.64 Å². The molecule has 1 N–H and O–H groups in total. The van der Waals surface area contributed by atoms with Crippen LogP contribution in [0.25, 0.3) is 0 Å². The number of likely N-dealkylation sites (tertiary alicyclic amines) is 1. The van der Waals surface area contributed by atoms with Crippen molar-refractivity contribution in [3.8, 4) is 11.8 Å². The van der Waals surface area contributed by atoms with Crippen molar-refractivity contribution in [1.29, 1.82) is 5.26 Å². The number of ether oxygens (including phenoxy) is 1. The summed E-state index contributed by atoms with van der Waals surface area (Å²) in [6.45, 7) is 4.43. The first-order valence-electron chi connectivity index (χ1n) is 6.35. The van der Waals surface area contributed by atoms with Gasteiger partial charge in [-0.2, -0.15) is 5.26 Å². The van der Waals surface area contributed by atoms with Crippen LogP contribution in [0.5, 0.6) is 5.75 Å². The molecular formula is C14H19N2O+. The second-order valence-electron chi connectivity index (χ2n) is 4.55. The van der Waals surface area contributed by atoms with Gasteiger partial charge in [-0.05, 0) is 43.5 Å². The fraction of sp³-hybridized carbons (Fsp3) is 0.500. The Morgan fingerprint density at radius 1 is 1.12 bits per heavy atom. The highest BCUT2D eigenvalue weighted by molar-refractivity contribution is 5.34. The van der Waals surface area contributed by atoms with E-state index in [-0.39, 0.29) is 0 Å². The Labute approximate surface area is 103 Å². The van der Waals surface area contributed by atoms with Crippen LogP contribution in [-0.2, 0) is 0 Å². The van der Waals surface area contributed by atoms with Crippen molar-refractivity contribution in [3.05, 3.63) is 29.8 Å². The summed E-state index contributed by atoms with van der Waals surface area (Å²) in [5.41, 5.74) is 0.680. The maximum atomic E-state index is 8.68. The van der Waals surface area contributed by atoms with Crippen molar-refractivity contribution in [2.24, 2.45) is 0 Å². The first kappa shape index (κ1) is 11.9. The third kappa shape index (κ3) is 3.76. The highest BCUT2D eigenvalue weighted by Crippen LogP contribution is 2.10. The molecule has 2 rings (SSSR count). The maximum Gasteiger partial charge on any atom is 0.137 e. The second kappa shape index (κ2) is 6.27. The van der Waals surface area contributed by atoms with Crippen LogP contribution in [0.4, 0.5) is 0 Å². The van der Waals surface area contributed by atoms with E-state index in [0.29, 0.717) is 5.56 Å². The van der Waals surface area contributed by atoms with Crippen molar-refractivity contribution in [1.82, 2.24) is 0 Å². The van der Waals surface area contributed by atoms with E-state index in [1.165, 1.54) is 32.4 Å². The normalized spacial score (nSPS) is 16.4. The number of hydrogen-bond acceptors (Lipinski definition) is 2. The van der Waals surface area contributed by atoms with Gasteiger partial charge in [-0.1, -0.05) is 0 Å². The Balaban J connectivity index is 1.72. The molecule has 0 atom stereocenters. The van der Waals surface area contributed by atoms with Crippen LogP contribution in [0.15, 0.2) is 24.3 Å². The molecule has 0 spiro atoms. The molecule has 0 saturated carbocycles. The van der Waals surface area contributed by atoms with Gasteiger partial charge in [-0.25, -0.2) is 0 Å². The number of nitrogens with zero attached hydrogens (tertiary/aromatic N) is 1. The molecule has 1 fully saturated rings. The first-order valence-corrected chi connectivity index (χ1v) is 6.35. The molecule has 17 heavy (non-hydrogen) atoms. The minimum absolute atomic E-state index is 0.680. The molecule has 0 bridgehead atoms. The van der Waals surface area contributed by atoms with Gasteiger partial charge >= 0.3 is 0 Å². The zero-order chi connectivity index (χ0) is 11.9. The van der Waals surface area contributed by atoms with E-state index in [1.54, 1.807) is 17.0 Å². The molecule has 3 nitrogen and oxygen atoms in total. The van der Waals surface area contributed by atoms with Crippen LogP contribution in [0, 0.1) is 11.3 Å². The maximum absolute atomic E-state index is 8.68. The molecule has 0 unspecified atom stereocenters. The Morgan fingerprint density at radius 3 is 2.47 bits per heavy atom. The fourth-order valence-electron chi connectivity index (χ4n) is 2.24. The van der Waals surface area contributed by atoms with Crippen molar-refractivity contribution in [2.45, 2.75) is 19.3 Å². The van der Waals surface area contributed by atoms with E-state index < -0.39 is 0 Å². The average Bonchev–Trinajstić information content (AvgIpc) is 2.41. The van der Waals surface area contributed by atoms with Crippen LogP contribution >= 0.6 is 0 Å². The number of rotatable bonds is 4. The molecule has 90 valence electrons. The van der Waals surface area contributed by atoms with Crippen LogP contribution in [0.3, 0.4) is 0 Å². The zero-order valence-electron chi connectivity index (χ0n) is 10.1. The topological polar surface area (TPSA) is 37.5 Å². The van der Waals surface area contributed by atoms with Crippen LogP contribution in [-0.4, -0.2) is 26.2 Å². The summed E-state index contributed by atoms with van der Waals surface area (Å²) in [6, 6.07) is 9.42. The van der Waals surface area contributed by atoms with E-state index in [0.717, 1.165) is 18.9 Å². The van der Waals surface area contributed by atoms with Crippen LogP contribution in [0.1, 0.15) is 24.8 Å². The summed E-state index contributed by atoms with van der Waals surface area (Å²) in [6.07, 6.45) is 4.10. The lowest BCUT2D eigenvalue weighted by Crippen LogP contribution is -3.13. The first-order chi connectivity index (χ1) is 8.38. The van der Waals surface area contributed by atoms with Crippen LogP contribution in [0.2, 0.25) is 0 Å². The molecule has 1 aromatic rings. The molecule has 1 aromatic carbocycles. The minimum Gasteiger partial charge on any atom is -0.488 e. The van der Waals surface area contributed by atoms with Gasteiger partial charge in [-0.3, -0.25) is 0 Å². The van der Waals surface area contributed by atoms with Gasteiger partial charge in [0.2, 0.25) is 0 Å². The highest BCUT2D eigenvalue weighted by Gasteiger charge is 2.12. The third-order valence-electron chi connectivity index (χ3n) is 3.27. The molecule has 1 heterocycles. The third-order valence-corrected chi connectivity index (χ3v) is 3.27. The lowest BCUT2D eigenvalue weighted by molar-refractivity contribution is -0.904. The lowest BCUT2D eigenvalue weighted by Gasteiger charge is -2.23. The van der Waals surface area contributed by atoms with Gasteiger partial charge in [0.05, 0.1) is 24.7 Å². The molecule has 0 amide bonds. The Morgan fingerprint density at radius 2 is 1.82 bits per heavy atom. The lowest BCUT2D eigenvalue weighted by atomic mass is 10.1. The van der Waals surface area contributed by atoms with E-state index in [4.69, 9.17) is 10.00 Å².